The van der Waals surface area contributed by atoms with Crippen molar-refractivity contribution in [2.45, 2.75) is 32.4 Å². The molecule has 1 fully saturated rings. The molecule has 0 radical (unpaired) electrons. The maximum Gasteiger partial charge on any atom is 0.332 e. The van der Waals surface area contributed by atoms with Crippen molar-refractivity contribution in [1.29, 1.82) is 0 Å². The molecule has 0 aliphatic heterocycles. The molecule has 0 bridgehead atoms. The maximum atomic E-state index is 13.4. The van der Waals surface area contributed by atoms with Crippen LogP contribution in [0.25, 0.3) is 11.3 Å². The molecule has 2 aromatic carbocycles. The number of rotatable bonds is 6. The minimum Gasteiger partial charge on any atom is -0.508 e. The van der Waals surface area contributed by atoms with Crippen molar-refractivity contribution in [2.24, 2.45) is 0 Å². The Labute approximate surface area is 173 Å². The molecule has 1 aliphatic carbocycles. The van der Waals surface area contributed by atoms with Crippen LogP contribution in [-0.2, 0) is 6.54 Å². The average Bonchev–Trinajstić information content (AvgIpc) is 3.59. The lowest BCUT2D eigenvalue weighted by atomic mass is 10.1. The summed E-state index contributed by atoms with van der Waals surface area (Å²) in [6, 6.07) is 12.0. The Balaban J connectivity index is 1.86. The summed E-state index contributed by atoms with van der Waals surface area (Å²) in [5.74, 6) is 1.27. The molecule has 7 nitrogen and oxygen atoms in total. The first-order chi connectivity index (χ1) is 14.4. The van der Waals surface area contributed by atoms with E-state index in [0.717, 1.165) is 24.0 Å². The molecule has 0 atom stereocenters. The fourth-order valence-corrected chi connectivity index (χ4v) is 3.74. The van der Waals surface area contributed by atoms with Crippen molar-refractivity contribution in [3.8, 4) is 28.5 Å². The number of benzene rings is 2. The van der Waals surface area contributed by atoms with Crippen LogP contribution in [0.5, 0.6) is 17.2 Å². The molecule has 3 aromatic rings. The zero-order chi connectivity index (χ0) is 21.4. The number of ether oxygens (including phenoxy) is 2. The van der Waals surface area contributed by atoms with Crippen LogP contribution in [0.1, 0.15) is 30.0 Å². The highest BCUT2D eigenvalue weighted by atomic mass is 16.5. The predicted molar refractivity (Wildman–Crippen MR) is 114 cm³/mol. The summed E-state index contributed by atoms with van der Waals surface area (Å²) in [6.45, 7) is 1.88. The Hall–Kier alpha value is -3.48. The first kappa shape index (κ1) is 19.8. The molecule has 0 amide bonds. The first-order valence-corrected chi connectivity index (χ1v) is 9.80. The van der Waals surface area contributed by atoms with Crippen LogP contribution in [0.4, 0.5) is 0 Å². The minimum atomic E-state index is -0.328. The molecule has 1 N–H and O–H groups in total. The first-order valence-electron chi connectivity index (χ1n) is 9.80. The number of aromatic nitrogens is 2. The highest BCUT2D eigenvalue weighted by Crippen LogP contribution is 2.37. The molecule has 30 heavy (non-hydrogen) atoms. The van der Waals surface area contributed by atoms with E-state index >= 15 is 0 Å². The summed E-state index contributed by atoms with van der Waals surface area (Å²) in [5, 5.41) is 9.61. The van der Waals surface area contributed by atoms with Crippen molar-refractivity contribution in [3.05, 3.63) is 74.4 Å². The van der Waals surface area contributed by atoms with E-state index in [0.29, 0.717) is 22.8 Å². The number of hydrogen-bond donors (Lipinski definition) is 1. The fourth-order valence-electron chi connectivity index (χ4n) is 3.74. The smallest absolute Gasteiger partial charge is 0.332 e. The van der Waals surface area contributed by atoms with Gasteiger partial charge < -0.3 is 14.6 Å². The summed E-state index contributed by atoms with van der Waals surface area (Å²) in [6.07, 6.45) is 1.80. The van der Waals surface area contributed by atoms with Gasteiger partial charge in [0.15, 0.2) is 11.5 Å². The van der Waals surface area contributed by atoms with E-state index in [1.165, 1.54) is 4.57 Å². The van der Waals surface area contributed by atoms with Gasteiger partial charge in [0.05, 0.1) is 26.5 Å². The van der Waals surface area contributed by atoms with Gasteiger partial charge in [0.2, 0.25) is 0 Å². The normalized spacial score (nSPS) is 13.3. The summed E-state index contributed by atoms with van der Waals surface area (Å²) in [4.78, 5) is 26.6. The van der Waals surface area contributed by atoms with Gasteiger partial charge in [-0.25, -0.2) is 4.79 Å². The monoisotopic (exact) mass is 408 g/mol. The molecule has 7 heteroatoms. The Morgan fingerprint density at radius 2 is 1.67 bits per heavy atom. The lowest BCUT2D eigenvalue weighted by Gasteiger charge is -2.18. The lowest BCUT2D eigenvalue weighted by Crippen LogP contribution is -2.42. The molecule has 1 heterocycles. The summed E-state index contributed by atoms with van der Waals surface area (Å²) < 4.78 is 13.6. The minimum absolute atomic E-state index is 0.0808. The van der Waals surface area contributed by atoms with Crippen molar-refractivity contribution in [1.82, 2.24) is 9.13 Å². The van der Waals surface area contributed by atoms with Crippen molar-refractivity contribution in [2.75, 3.05) is 14.2 Å². The molecule has 1 aliphatic rings. The topological polar surface area (TPSA) is 82.7 Å². The zero-order valence-electron chi connectivity index (χ0n) is 17.2. The second-order valence-electron chi connectivity index (χ2n) is 7.48. The van der Waals surface area contributed by atoms with E-state index in [-0.39, 0.29) is 29.6 Å². The van der Waals surface area contributed by atoms with Gasteiger partial charge in [0.1, 0.15) is 5.75 Å². The fraction of sp³-hybridized carbons (Fsp3) is 0.304. The SMILES string of the molecule is COc1ccc(Cn2c(=O)c(C)c(-c3ccc(O)cc3)n(C3CC3)c2=O)cc1OC. The van der Waals surface area contributed by atoms with Gasteiger partial charge >= 0.3 is 5.69 Å². The Bertz CT molecular complexity index is 1200. The summed E-state index contributed by atoms with van der Waals surface area (Å²) in [7, 11) is 3.10. The Morgan fingerprint density at radius 3 is 2.27 bits per heavy atom. The van der Waals surface area contributed by atoms with Gasteiger partial charge in [-0.3, -0.25) is 13.9 Å². The van der Waals surface area contributed by atoms with Crippen LogP contribution in [-0.4, -0.2) is 28.5 Å². The van der Waals surface area contributed by atoms with Crippen molar-refractivity contribution < 1.29 is 14.6 Å². The Morgan fingerprint density at radius 1 is 1.00 bits per heavy atom. The van der Waals surface area contributed by atoms with Crippen molar-refractivity contribution in [3.63, 3.8) is 0 Å². The number of hydrogen-bond acceptors (Lipinski definition) is 5. The third-order valence-corrected chi connectivity index (χ3v) is 5.44. The second-order valence-corrected chi connectivity index (χ2v) is 7.48. The lowest BCUT2D eigenvalue weighted by molar-refractivity contribution is 0.354. The van der Waals surface area contributed by atoms with Gasteiger partial charge in [-0.05, 0) is 67.3 Å². The van der Waals surface area contributed by atoms with Crippen molar-refractivity contribution >= 4 is 0 Å². The van der Waals surface area contributed by atoms with Crippen LogP contribution in [0, 0.1) is 6.92 Å². The standard InChI is InChI=1S/C23H24N2O5/c1-14-21(16-5-9-18(26)10-6-16)25(17-7-8-17)23(28)24(22(14)27)13-15-4-11-19(29-2)20(12-15)30-3/h4-6,9-12,17,26H,7-8,13H2,1-3H3. The molecule has 1 saturated carbocycles. The molecule has 4 rings (SSSR count). The quantitative estimate of drug-likeness (QED) is 0.678. The van der Waals surface area contributed by atoms with Crippen LogP contribution in [0.3, 0.4) is 0 Å². The molecule has 0 spiro atoms. The highest BCUT2D eigenvalue weighted by molar-refractivity contribution is 5.64. The molecule has 0 saturated heterocycles. The predicted octanol–water partition coefficient (Wildman–Crippen LogP) is 3.09. The van der Waals surface area contributed by atoms with Gasteiger partial charge in [-0.1, -0.05) is 6.07 Å². The van der Waals surface area contributed by atoms with Crippen LogP contribution < -0.4 is 20.7 Å². The van der Waals surface area contributed by atoms with Gasteiger partial charge in [0, 0.05) is 11.6 Å². The van der Waals surface area contributed by atoms with Crippen LogP contribution in [0.2, 0.25) is 0 Å². The van der Waals surface area contributed by atoms with Gasteiger partial charge in [0.25, 0.3) is 5.56 Å². The second kappa shape index (κ2) is 7.74. The zero-order valence-corrected chi connectivity index (χ0v) is 17.2. The third-order valence-electron chi connectivity index (χ3n) is 5.44. The number of phenols is 1. The van der Waals surface area contributed by atoms with E-state index in [1.807, 2.05) is 6.07 Å². The summed E-state index contributed by atoms with van der Waals surface area (Å²) in [5.41, 5.74) is 1.99. The van der Waals surface area contributed by atoms with Gasteiger partial charge in [-0.2, -0.15) is 0 Å². The number of nitrogens with zero attached hydrogens (tertiary/aromatic N) is 2. The number of aromatic hydroxyl groups is 1. The molecule has 156 valence electrons. The molecule has 1 aromatic heterocycles. The van der Waals surface area contributed by atoms with E-state index < -0.39 is 0 Å². The maximum absolute atomic E-state index is 13.4. The van der Waals surface area contributed by atoms with E-state index in [4.69, 9.17) is 9.47 Å². The number of phenolic OH excluding ortho intramolecular Hbond substituents is 1. The largest absolute Gasteiger partial charge is 0.508 e. The van der Waals surface area contributed by atoms with E-state index in [9.17, 15) is 14.7 Å². The number of methoxy groups -OCH3 is 2. The molecular weight excluding hydrogens is 384 g/mol. The molecular formula is C23H24N2O5. The third kappa shape index (κ3) is 3.47. The van der Waals surface area contributed by atoms with Crippen LogP contribution in [0.15, 0.2) is 52.1 Å². The molecule has 0 unspecified atom stereocenters. The van der Waals surface area contributed by atoms with Gasteiger partial charge in [-0.15, -0.1) is 0 Å². The van der Waals surface area contributed by atoms with E-state index in [2.05, 4.69) is 0 Å². The van der Waals surface area contributed by atoms with Crippen LogP contribution >= 0.6 is 0 Å². The summed E-state index contributed by atoms with van der Waals surface area (Å²) >= 11 is 0. The average molecular weight is 408 g/mol. The highest BCUT2D eigenvalue weighted by Gasteiger charge is 2.30. The Kier molecular flexibility index (Phi) is 5.11. The van der Waals surface area contributed by atoms with E-state index in [1.54, 1.807) is 62.1 Å².